The molecule has 0 radical (unpaired) electrons. The molecule has 152 valence electrons. The van der Waals surface area contributed by atoms with Gasteiger partial charge in [-0.1, -0.05) is 50.5 Å². The number of carbonyl (C=O) groups is 2. The molecule has 0 aliphatic rings. The molecule has 0 aromatic rings. The maximum Gasteiger partial charge on any atom is 0.132 e. The predicted molar refractivity (Wildman–Crippen MR) is 123 cm³/mol. The van der Waals surface area contributed by atoms with Gasteiger partial charge in [0.15, 0.2) is 0 Å². The van der Waals surface area contributed by atoms with Gasteiger partial charge in [-0.2, -0.15) is 0 Å². The van der Waals surface area contributed by atoms with Gasteiger partial charge in [-0.25, -0.2) is 0 Å². The van der Waals surface area contributed by atoms with Crippen LogP contribution in [0.15, 0.2) is 52.6 Å². The Bertz CT molecular complexity index is 161. The number of ketones is 2. The molecule has 0 aliphatic carbocycles. The molecular formula is C22H52O2. The van der Waals surface area contributed by atoms with E-state index in [1.165, 1.54) is 0 Å². The molecule has 0 rings (SSSR count). The number of Topliss-reactive ketones (excluding diaryl/α,β-unsaturated/α-hetero) is 2. The average molecular weight is 349 g/mol. The van der Waals surface area contributed by atoms with E-state index in [1.807, 2.05) is 20.8 Å². The quantitative estimate of drug-likeness (QED) is 0.477. The maximum absolute atomic E-state index is 10.2. The Morgan fingerprint density at radius 2 is 0.833 bits per heavy atom. The molecule has 0 aromatic heterocycles. The summed E-state index contributed by atoms with van der Waals surface area (Å²) in [7, 11) is 0. The third kappa shape index (κ3) is 269. The summed E-state index contributed by atoms with van der Waals surface area (Å²) in [4.78, 5) is 20.2. The van der Waals surface area contributed by atoms with E-state index in [4.69, 9.17) is 0 Å². The standard InChI is InChI=1S/2C5H10O.4C2H4.4CH4/c1-3-4-5(2)6;1-3-5(6)4-2;4*1-2;;;;/h2*3-4H2,1-2H3;4*1-2H2;4*1H4. The van der Waals surface area contributed by atoms with Crippen LogP contribution in [0.3, 0.4) is 0 Å². The van der Waals surface area contributed by atoms with Crippen LogP contribution in [0, 0.1) is 0 Å². The average Bonchev–Trinajstić information content (AvgIpc) is 2.54. The van der Waals surface area contributed by atoms with Crippen LogP contribution in [0.1, 0.15) is 83.1 Å². The van der Waals surface area contributed by atoms with Gasteiger partial charge in [-0.3, -0.25) is 4.79 Å². The smallest absolute Gasteiger partial charge is 0.132 e. The molecule has 2 heteroatoms. The van der Waals surface area contributed by atoms with Crippen molar-refractivity contribution in [3.8, 4) is 0 Å². The van der Waals surface area contributed by atoms with Crippen molar-refractivity contribution in [2.45, 2.75) is 83.1 Å². The summed E-state index contributed by atoms with van der Waals surface area (Å²) in [6.45, 7) is 31.4. The van der Waals surface area contributed by atoms with Crippen molar-refractivity contribution < 1.29 is 9.59 Å². The second-order valence-corrected chi connectivity index (χ2v) is 2.70. The Morgan fingerprint density at radius 1 is 0.625 bits per heavy atom. The van der Waals surface area contributed by atoms with Gasteiger partial charge in [-0.15, -0.1) is 52.6 Å². The normalized spacial score (nSPS) is 4.83. The fourth-order valence-electron chi connectivity index (χ4n) is 0.602. The van der Waals surface area contributed by atoms with Gasteiger partial charge in [-0.05, 0) is 13.3 Å². The molecule has 0 spiro atoms. The summed E-state index contributed by atoms with van der Waals surface area (Å²) in [5.74, 6) is 0.632. The summed E-state index contributed by atoms with van der Waals surface area (Å²) < 4.78 is 0. The lowest BCUT2D eigenvalue weighted by atomic mass is 10.3. The van der Waals surface area contributed by atoms with Crippen molar-refractivity contribution in [1.29, 1.82) is 0 Å². The molecule has 24 heavy (non-hydrogen) atoms. The molecule has 0 bridgehead atoms. The van der Waals surface area contributed by atoms with Crippen LogP contribution in [0.25, 0.3) is 0 Å². The molecule has 0 saturated heterocycles. The summed E-state index contributed by atoms with van der Waals surface area (Å²) in [6, 6.07) is 0. The maximum atomic E-state index is 10.2. The van der Waals surface area contributed by atoms with Crippen LogP contribution in [0.2, 0.25) is 0 Å². The lowest BCUT2D eigenvalue weighted by molar-refractivity contribution is -0.118. The van der Waals surface area contributed by atoms with E-state index < -0.39 is 0 Å². The third-order valence-corrected chi connectivity index (χ3v) is 1.39. The van der Waals surface area contributed by atoms with Gasteiger partial charge in [0.2, 0.25) is 0 Å². The monoisotopic (exact) mass is 348 g/mol. The Hall–Kier alpha value is -1.70. The Labute approximate surface area is 157 Å². The van der Waals surface area contributed by atoms with Crippen LogP contribution in [-0.2, 0) is 9.59 Å². The summed E-state index contributed by atoms with van der Waals surface area (Å²) in [5, 5.41) is 0. The number of hydrogen-bond donors (Lipinski definition) is 0. The fraction of sp³-hybridized carbons (Fsp3) is 0.545. The molecule has 0 N–H and O–H groups in total. The minimum atomic E-state index is 0. The van der Waals surface area contributed by atoms with Crippen LogP contribution >= 0.6 is 0 Å². The molecule has 2 nitrogen and oxygen atoms in total. The van der Waals surface area contributed by atoms with Gasteiger partial charge >= 0.3 is 0 Å². The van der Waals surface area contributed by atoms with Crippen molar-refractivity contribution in [1.82, 2.24) is 0 Å². The second-order valence-electron chi connectivity index (χ2n) is 2.70. The number of rotatable bonds is 4. The number of hydrogen-bond acceptors (Lipinski definition) is 2. The van der Waals surface area contributed by atoms with Crippen molar-refractivity contribution in [2.24, 2.45) is 0 Å². The van der Waals surface area contributed by atoms with Crippen molar-refractivity contribution >= 4 is 11.6 Å². The van der Waals surface area contributed by atoms with Gasteiger partial charge in [0.25, 0.3) is 0 Å². The van der Waals surface area contributed by atoms with E-state index in [-0.39, 0.29) is 35.5 Å². The molecule has 0 unspecified atom stereocenters. The van der Waals surface area contributed by atoms with Crippen LogP contribution in [0.4, 0.5) is 0 Å². The summed E-state index contributed by atoms with van der Waals surface area (Å²) >= 11 is 0. The first-order valence-electron chi connectivity index (χ1n) is 6.59. The SMILES string of the molecule is C.C.C.C.C=C.C=C.C=C.C=C.CCC(=O)CC.CCCC(C)=O. The molecule has 0 aromatic carbocycles. The first kappa shape index (κ1) is 66.9. The van der Waals surface area contributed by atoms with E-state index in [0.29, 0.717) is 18.6 Å². The Balaban J connectivity index is -0.0000000129. The molecule has 0 amide bonds. The summed E-state index contributed by atoms with van der Waals surface area (Å²) in [5.41, 5.74) is 0. The molecule has 0 fully saturated rings. The minimum absolute atomic E-state index is 0. The highest BCUT2D eigenvalue weighted by Crippen LogP contribution is 1.84. The first-order valence-corrected chi connectivity index (χ1v) is 6.59. The molecule has 0 atom stereocenters. The summed E-state index contributed by atoms with van der Waals surface area (Å²) in [6.07, 6.45) is 3.10. The molecule has 0 heterocycles. The first-order chi connectivity index (χ1) is 9.58. The zero-order valence-corrected chi connectivity index (χ0v) is 14.3. The van der Waals surface area contributed by atoms with Crippen molar-refractivity contribution in [2.75, 3.05) is 0 Å². The zero-order chi connectivity index (χ0) is 18.0. The highest BCUT2D eigenvalue weighted by Gasteiger charge is 1.86. The second kappa shape index (κ2) is 127. The van der Waals surface area contributed by atoms with Crippen LogP contribution < -0.4 is 0 Å². The fourth-order valence-corrected chi connectivity index (χ4v) is 0.602. The minimum Gasteiger partial charge on any atom is -0.300 e. The molecule has 0 saturated carbocycles. The van der Waals surface area contributed by atoms with E-state index in [9.17, 15) is 9.59 Å². The lowest BCUT2D eigenvalue weighted by Gasteiger charge is -1.81. The van der Waals surface area contributed by atoms with Gasteiger partial charge in [0.1, 0.15) is 11.6 Å². The van der Waals surface area contributed by atoms with Crippen LogP contribution in [-0.4, -0.2) is 11.6 Å². The van der Waals surface area contributed by atoms with E-state index in [2.05, 4.69) is 52.6 Å². The predicted octanol–water partition coefficient (Wildman–Crippen LogP) is 8.50. The zero-order valence-electron chi connectivity index (χ0n) is 14.3. The highest BCUT2D eigenvalue weighted by molar-refractivity contribution is 5.77. The van der Waals surface area contributed by atoms with Gasteiger partial charge < -0.3 is 4.79 Å². The Kier molecular flexibility index (Phi) is 355. The van der Waals surface area contributed by atoms with Crippen molar-refractivity contribution in [3.05, 3.63) is 52.6 Å². The van der Waals surface area contributed by atoms with E-state index in [0.717, 1.165) is 12.8 Å². The largest absolute Gasteiger partial charge is 0.300 e. The van der Waals surface area contributed by atoms with E-state index in [1.54, 1.807) is 6.92 Å². The lowest BCUT2D eigenvalue weighted by Crippen LogP contribution is -1.88. The highest BCUT2D eigenvalue weighted by atomic mass is 16.1. The van der Waals surface area contributed by atoms with Crippen molar-refractivity contribution in [3.63, 3.8) is 0 Å². The third-order valence-electron chi connectivity index (χ3n) is 1.39. The van der Waals surface area contributed by atoms with E-state index >= 15 is 0 Å². The van der Waals surface area contributed by atoms with Gasteiger partial charge in [0.05, 0.1) is 0 Å². The topological polar surface area (TPSA) is 34.1 Å². The van der Waals surface area contributed by atoms with Gasteiger partial charge in [0, 0.05) is 19.3 Å². The molecule has 0 aliphatic heterocycles. The van der Waals surface area contributed by atoms with Crippen LogP contribution in [0.5, 0.6) is 0 Å². The molecular weight excluding hydrogens is 296 g/mol. The number of carbonyl (C=O) groups excluding carboxylic acids is 2. The Morgan fingerprint density at radius 3 is 0.833 bits per heavy atom.